The Kier molecular flexibility index (Phi) is 10.0. The molecule has 0 heterocycles. The van der Waals surface area contributed by atoms with Crippen LogP contribution in [0.25, 0.3) is 0 Å². The van der Waals surface area contributed by atoms with Crippen molar-refractivity contribution in [3.05, 3.63) is 71.8 Å². The summed E-state index contributed by atoms with van der Waals surface area (Å²) < 4.78 is 19.2. The maximum atomic E-state index is 6.49. The average molecular weight is 426 g/mol. The van der Waals surface area contributed by atoms with Gasteiger partial charge in [-0.25, -0.2) is 0 Å². The molecule has 3 atom stereocenters. The third-order valence-electron chi connectivity index (χ3n) is 6.18. The van der Waals surface area contributed by atoms with Crippen molar-refractivity contribution < 1.29 is 14.2 Å². The predicted octanol–water partition coefficient (Wildman–Crippen LogP) is 5.85. The maximum absolute atomic E-state index is 6.49. The van der Waals surface area contributed by atoms with E-state index in [4.69, 9.17) is 14.2 Å². The molecule has 0 spiro atoms. The lowest BCUT2D eigenvalue weighted by Gasteiger charge is -2.35. The monoisotopic (exact) mass is 425 g/mol. The third kappa shape index (κ3) is 7.43. The first-order valence-electron chi connectivity index (χ1n) is 11.9. The summed E-state index contributed by atoms with van der Waals surface area (Å²) in [5.74, 6) is 0. The fourth-order valence-electron chi connectivity index (χ4n) is 4.32. The van der Waals surface area contributed by atoms with Crippen LogP contribution >= 0.6 is 0 Å². The first-order chi connectivity index (χ1) is 15.3. The van der Waals surface area contributed by atoms with Gasteiger partial charge in [-0.15, -0.1) is 0 Å². The minimum Gasteiger partial charge on any atom is -0.373 e. The van der Waals surface area contributed by atoms with Gasteiger partial charge in [-0.05, 0) is 24.6 Å². The minimum absolute atomic E-state index is 0.0471. The number of ether oxygens (including phenoxy) is 3. The van der Waals surface area contributed by atoms with Crippen LogP contribution in [0.2, 0.25) is 0 Å². The van der Waals surface area contributed by atoms with E-state index in [9.17, 15) is 0 Å². The highest BCUT2D eigenvalue weighted by atomic mass is 16.6. The van der Waals surface area contributed by atoms with Crippen LogP contribution in [-0.4, -0.2) is 31.6 Å². The molecule has 0 aliphatic heterocycles. The molecule has 1 fully saturated rings. The largest absolute Gasteiger partial charge is 0.373 e. The molecule has 0 bridgehead atoms. The predicted molar refractivity (Wildman–Crippen MR) is 126 cm³/mol. The lowest BCUT2D eigenvalue weighted by atomic mass is 10.1. The van der Waals surface area contributed by atoms with Gasteiger partial charge in [-0.2, -0.15) is 0 Å². The lowest BCUT2D eigenvalue weighted by molar-refractivity contribution is -0.151. The molecule has 0 unspecified atom stereocenters. The Morgan fingerprint density at radius 2 is 1.45 bits per heavy atom. The zero-order valence-electron chi connectivity index (χ0n) is 19.2. The van der Waals surface area contributed by atoms with Crippen LogP contribution in [0.4, 0.5) is 0 Å². The number of benzene rings is 2. The SMILES string of the molecule is CCCCCCCO[C@]1(NC)C[C@H](OCc2ccccc2)C[C@@H]1OCc1ccccc1. The van der Waals surface area contributed by atoms with Crippen LogP contribution in [0.5, 0.6) is 0 Å². The first kappa shape index (κ1) is 23.9. The molecule has 1 aliphatic carbocycles. The number of unbranched alkanes of at least 4 members (excludes halogenated alkanes) is 4. The number of hydrogen-bond donors (Lipinski definition) is 1. The highest BCUT2D eigenvalue weighted by molar-refractivity contribution is 5.14. The van der Waals surface area contributed by atoms with E-state index in [0.29, 0.717) is 13.2 Å². The molecule has 31 heavy (non-hydrogen) atoms. The van der Waals surface area contributed by atoms with E-state index < -0.39 is 5.72 Å². The molecule has 4 nitrogen and oxygen atoms in total. The number of hydrogen-bond acceptors (Lipinski definition) is 4. The molecule has 1 saturated carbocycles. The first-order valence-corrected chi connectivity index (χ1v) is 11.9. The quantitative estimate of drug-likeness (QED) is 0.304. The van der Waals surface area contributed by atoms with Gasteiger partial charge in [0, 0.05) is 19.4 Å². The van der Waals surface area contributed by atoms with E-state index in [1.54, 1.807) is 0 Å². The Hall–Kier alpha value is -1.72. The van der Waals surface area contributed by atoms with Gasteiger partial charge in [-0.3, -0.25) is 5.32 Å². The summed E-state index contributed by atoms with van der Waals surface area (Å²) in [4.78, 5) is 0. The fraction of sp³-hybridized carbons (Fsp3) is 0.556. The van der Waals surface area contributed by atoms with Crippen LogP contribution in [0.3, 0.4) is 0 Å². The van der Waals surface area contributed by atoms with Crippen molar-refractivity contribution in [1.82, 2.24) is 5.32 Å². The Bertz CT molecular complexity index is 724. The molecule has 1 aliphatic rings. The Balaban J connectivity index is 1.59. The van der Waals surface area contributed by atoms with Gasteiger partial charge in [0.05, 0.1) is 19.3 Å². The summed E-state index contributed by atoms with van der Waals surface area (Å²) in [5, 5.41) is 3.47. The standard InChI is InChI=1S/C27H39NO3/c1-3-4-5-6-13-18-31-27(28-2)20-25(29-21-23-14-9-7-10-15-23)19-26(27)30-22-24-16-11-8-12-17-24/h7-12,14-17,25-26,28H,3-6,13,18-22H2,1-2H3/t25-,26+,27-/m1/s1. The van der Waals surface area contributed by atoms with Crippen LogP contribution < -0.4 is 5.32 Å². The molecule has 2 aromatic rings. The molecule has 3 rings (SSSR count). The maximum Gasteiger partial charge on any atom is 0.147 e. The number of likely N-dealkylation sites (N-methyl/N-ethyl adjacent to an activating group) is 1. The summed E-state index contributed by atoms with van der Waals surface area (Å²) in [6.07, 6.45) is 7.83. The second-order valence-electron chi connectivity index (χ2n) is 8.55. The van der Waals surface area contributed by atoms with E-state index in [2.05, 4.69) is 60.8 Å². The van der Waals surface area contributed by atoms with Crippen LogP contribution in [-0.2, 0) is 27.4 Å². The number of rotatable bonds is 14. The topological polar surface area (TPSA) is 39.7 Å². The van der Waals surface area contributed by atoms with Crippen molar-refractivity contribution in [1.29, 1.82) is 0 Å². The third-order valence-corrected chi connectivity index (χ3v) is 6.18. The summed E-state index contributed by atoms with van der Waals surface area (Å²) in [6.45, 7) is 4.20. The summed E-state index contributed by atoms with van der Waals surface area (Å²) in [6, 6.07) is 20.7. The molecule has 2 aromatic carbocycles. The van der Waals surface area contributed by atoms with Crippen LogP contribution in [0.15, 0.2) is 60.7 Å². The normalized spacial score (nSPS) is 23.3. The van der Waals surface area contributed by atoms with Crippen molar-refractivity contribution in [2.75, 3.05) is 13.7 Å². The minimum atomic E-state index is -0.499. The molecule has 0 radical (unpaired) electrons. The van der Waals surface area contributed by atoms with Gasteiger partial charge in [0.25, 0.3) is 0 Å². The average Bonchev–Trinajstić information content (AvgIpc) is 3.18. The summed E-state index contributed by atoms with van der Waals surface area (Å²) in [7, 11) is 1.98. The van der Waals surface area contributed by atoms with Crippen molar-refractivity contribution >= 4 is 0 Å². The van der Waals surface area contributed by atoms with Gasteiger partial charge in [0.15, 0.2) is 0 Å². The molecule has 1 N–H and O–H groups in total. The van der Waals surface area contributed by atoms with Crippen molar-refractivity contribution in [3.63, 3.8) is 0 Å². The molecule has 170 valence electrons. The number of nitrogens with one attached hydrogen (secondary N) is 1. The van der Waals surface area contributed by atoms with Crippen LogP contribution in [0, 0.1) is 0 Å². The summed E-state index contributed by atoms with van der Waals surface area (Å²) in [5.41, 5.74) is 1.88. The highest BCUT2D eigenvalue weighted by Crippen LogP contribution is 2.36. The second kappa shape index (κ2) is 13.0. The molecule has 0 amide bonds. The smallest absolute Gasteiger partial charge is 0.147 e. The Morgan fingerprint density at radius 3 is 2.06 bits per heavy atom. The van der Waals surface area contributed by atoms with Crippen LogP contribution in [0.1, 0.15) is 63.0 Å². The van der Waals surface area contributed by atoms with Gasteiger partial charge in [0.2, 0.25) is 0 Å². The Morgan fingerprint density at radius 1 is 0.839 bits per heavy atom. The van der Waals surface area contributed by atoms with Crippen molar-refractivity contribution in [2.45, 2.75) is 83.0 Å². The van der Waals surface area contributed by atoms with E-state index in [-0.39, 0.29) is 12.2 Å². The van der Waals surface area contributed by atoms with Gasteiger partial charge < -0.3 is 14.2 Å². The van der Waals surface area contributed by atoms with Gasteiger partial charge in [0.1, 0.15) is 11.8 Å². The van der Waals surface area contributed by atoms with Crippen molar-refractivity contribution in [3.8, 4) is 0 Å². The second-order valence-corrected chi connectivity index (χ2v) is 8.55. The molecular weight excluding hydrogens is 386 g/mol. The van der Waals surface area contributed by atoms with Gasteiger partial charge >= 0.3 is 0 Å². The van der Waals surface area contributed by atoms with Crippen molar-refractivity contribution in [2.24, 2.45) is 0 Å². The molecular formula is C27H39NO3. The van der Waals surface area contributed by atoms with E-state index in [1.807, 2.05) is 19.2 Å². The van der Waals surface area contributed by atoms with E-state index in [1.165, 1.54) is 36.8 Å². The highest BCUT2D eigenvalue weighted by Gasteiger charge is 2.49. The molecule has 0 saturated heterocycles. The molecule has 4 heteroatoms. The van der Waals surface area contributed by atoms with E-state index in [0.717, 1.165) is 25.9 Å². The zero-order valence-corrected chi connectivity index (χ0v) is 19.2. The summed E-state index contributed by atoms with van der Waals surface area (Å²) >= 11 is 0. The Labute approximate surface area is 188 Å². The zero-order chi connectivity index (χ0) is 21.8. The molecule has 0 aromatic heterocycles. The van der Waals surface area contributed by atoms with Gasteiger partial charge in [-0.1, -0.05) is 93.3 Å². The van der Waals surface area contributed by atoms with E-state index >= 15 is 0 Å². The lowest BCUT2D eigenvalue weighted by Crippen LogP contribution is -2.53. The fourth-order valence-corrected chi connectivity index (χ4v) is 4.32.